The molecule has 1 saturated heterocycles. The Kier molecular flexibility index (Phi) is 5.51. The molecule has 2 atom stereocenters. The highest BCUT2D eigenvalue weighted by atomic mass is 35.5. The predicted molar refractivity (Wildman–Crippen MR) is 91.2 cm³/mol. The number of carbonyl (C=O) groups excluding carboxylic acids is 1. The average molecular weight is 324 g/mol. The summed E-state index contributed by atoms with van der Waals surface area (Å²) in [5.74, 6) is 2.00. The van der Waals surface area contributed by atoms with Crippen molar-refractivity contribution in [2.45, 2.75) is 34.1 Å². The van der Waals surface area contributed by atoms with Gasteiger partial charge in [0.05, 0.1) is 19.2 Å². The fraction of sp³-hybridized carbons (Fsp3) is 0.611. The van der Waals surface area contributed by atoms with E-state index in [2.05, 4.69) is 18.7 Å². The van der Waals surface area contributed by atoms with Crippen molar-refractivity contribution in [3.05, 3.63) is 27.8 Å². The summed E-state index contributed by atoms with van der Waals surface area (Å²) in [5.41, 5.74) is 2.39. The molecule has 2 rings (SSSR count). The lowest BCUT2D eigenvalue weighted by atomic mass is 9.91. The van der Waals surface area contributed by atoms with E-state index in [4.69, 9.17) is 16.3 Å². The SMILES string of the molecule is COc1cc(C)c(Cl)c(C)c1C(=O)CN1CC(C)CC(C)C1. The van der Waals surface area contributed by atoms with E-state index in [1.807, 2.05) is 19.9 Å². The molecule has 0 saturated carbocycles. The van der Waals surface area contributed by atoms with Gasteiger partial charge in [-0.2, -0.15) is 0 Å². The van der Waals surface area contributed by atoms with Crippen LogP contribution < -0.4 is 4.74 Å². The van der Waals surface area contributed by atoms with E-state index in [0.717, 1.165) is 24.2 Å². The van der Waals surface area contributed by atoms with Crippen LogP contribution in [0.15, 0.2) is 6.07 Å². The number of hydrogen-bond donors (Lipinski definition) is 0. The number of rotatable bonds is 4. The minimum absolute atomic E-state index is 0.0950. The van der Waals surface area contributed by atoms with Crippen LogP contribution in [0.1, 0.15) is 41.8 Å². The molecule has 0 radical (unpaired) electrons. The van der Waals surface area contributed by atoms with Crippen LogP contribution >= 0.6 is 11.6 Å². The summed E-state index contributed by atoms with van der Waals surface area (Å²) < 4.78 is 5.42. The quantitative estimate of drug-likeness (QED) is 0.780. The second-order valence-corrected chi connectivity index (χ2v) is 7.15. The molecule has 1 aliphatic heterocycles. The van der Waals surface area contributed by atoms with Gasteiger partial charge in [-0.05, 0) is 49.3 Å². The first-order valence-corrected chi connectivity index (χ1v) is 8.30. The van der Waals surface area contributed by atoms with Crippen LogP contribution in [-0.2, 0) is 0 Å². The van der Waals surface area contributed by atoms with Gasteiger partial charge in [0.2, 0.25) is 0 Å². The summed E-state index contributed by atoms with van der Waals surface area (Å²) in [7, 11) is 1.60. The number of hydrogen-bond acceptors (Lipinski definition) is 3. The number of carbonyl (C=O) groups is 1. The maximum atomic E-state index is 12.8. The molecule has 1 heterocycles. The minimum atomic E-state index is 0.0950. The first-order chi connectivity index (χ1) is 10.3. The zero-order valence-corrected chi connectivity index (χ0v) is 15.0. The van der Waals surface area contributed by atoms with Crippen molar-refractivity contribution in [1.29, 1.82) is 0 Å². The highest BCUT2D eigenvalue weighted by Gasteiger charge is 2.26. The molecule has 1 aromatic rings. The number of methoxy groups -OCH3 is 1. The molecule has 0 amide bonds. The smallest absolute Gasteiger partial charge is 0.180 e. The van der Waals surface area contributed by atoms with Gasteiger partial charge in [-0.1, -0.05) is 25.4 Å². The fourth-order valence-corrected chi connectivity index (χ4v) is 3.78. The van der Waals surface area contributed by atoms with E-state index in [0.29, 0.717) is 34.7 Å². The van der Waals surface area contributed by atoms with Gasteiger partial charge in [0.15, 0.2) is 5.78 Å². The third-order valence-electron chi connectivity index (χ3n) is 4.45. The van der Waals surface area contributed by atoms with E-state index in [9.17, 15) is 4.79 Å². The van der Waals surface area contributed by atoms with Crippen molar-refractivity contribution in [2.24, 2.45) is 11.8 Å². The van der Waals surface area contributed by atoms with Crippen LogP contribution in [0.2, 0.25) is 5.02 Å². The molecule has 1 fully saturated rings. The number of nitrogens with zero attached hydrogens (tertiary/aromatic N) is 1. The van der Waals surface area contributed by atoms with Crippen LogP contribution in [-0.4, -0.2) is 37.4 Å². The Morgan fingerprint density at radius 1 is 1.32 bits per heavy atom. The second-order valence-electron chi connectivity index (χ2n) is 6.77. The standard InChI is InChI=1S/C18H26ClNO2/c1-11-6-12(2)9-20(8-11)10-15(21)17-14(4)18(19)13(3)7-16(17)22-5/h7,11-12H,6,8-10H2,1-5H3. The van der Waals surface area contributed by atoms with Gasteiger partial charge < -0.3 is 4.74 Å². The molecule has 2 unspecified atom stereocenters. The first-order valence-electron chi connectivity index (χ1n) is 7.92. The van der Waals surface area contributed by atoms with Crippen LogP contribution in [0.5, 0.6) is 5.75 Å². The third-order valence-corrected chi connectivity index (χ3v) is 5.04. The Bertz CT molecular complexity index is 561. The van der Waals surface area contributed by atoms with Crippen molar-refractivity contribution in [3.8, 4) is 5.75 Å². The summed E-state index contributed by atoms with van der Waals surface area (Å²) in [6.45, 7) is 10.7. The molecular weight excluding hydrogens is 298 g/mol. The molecule has 0 bridgehead atoms. The largest absolute Gasteiger partial charge is 0.496 e. The van der Waals surface area contributed by atoms with Crippen LogP contribution in [0.3, 0.4) is 0 Å². The highest BCUT2D eigenvalue weighted by Crippen LogP contribution is 2.32. The van der Waals surface area contributed by atoms with Gasteiger partial charge in [-0.25, -0.2) is 0 Å². The van der Waals surface area contributed by atoms with Gasteiger partial charge in [0.1, 0.15) is 5.75 Å². The Balaban J connectivity index is 2.24. The molecule has 22 heavy (non-hydrogen) atoms. The molecule has 0 aromatic heterocycles. The molecular formula is C18H26ClNO2. The molecule has 1 aliphatic rings. The zero-order valence-electron chi connectivity index (χ0n) is 14.2. The van der Waals surface area contributed by atoms with Crippen LogP contribution in [0.25, 0.3) is 0 Å². The molecule has 122 valence electrons. The lowest BCUT2D eigenvalue weighted by molar-refractivity contribution is 0.0846. The number of ether oxygens (including phenoxy) is 1. The maximum absolute atomic E-state index is 12.8. The van der Waals surface area contributed by atoms with E-state index >= 15 is 0 Å². The summed E-state index contributed by atoms with van der Waals surface area (Å²) in [6, 6.07) is 1.85. The summed E-state index contributed by atoms with van der Waals surface area (Å²) in [6.07, 6.45) is 1.24. The summed E-state index contributed by atoms with van der Waals surface area (Å²) in [4.78, 5) is 15.1. The molecule has 0 aliphatic carbocycles. The number of Topliss-reactive ketones (excluding diaryl/α,β-unsaturated/α-hetero) is 1. The topological polar surface area (TPSA) is 29.5 Å². The lowest BCUT2D eigenvalue weighted by Gasteiger charge is -2.34. The number of halogens is 1. The Morgan fingerprint density at radius 3 is 2.45 bits per heavy atom. The van der Waals surface area contributed by atoms with Crippen molar-refractivity contribution in [3.63, 3.8) is 0 Å². The van der Waals surface area contributed by atoms with E-state index < -0.39 is 0 Å². The van der Waals surface area contributed by atoms with E-state index in [1.165, 1.54) is 6.42 Å². The molecule has 4 heteroatoms. The van der Waals surface area contributed by atoms with Crippen molar-refractivity contribution < 1.29 is 9.53 Å². The number of benzene rings is 1. The van der Waals surface area contributed by atoms with Gasteiger partial charge in [-0.3, -0.25) is 9.69 Å². The molecule has 0 N–H and O–H groups in total. The van der Waals surface area contributed by atoms with Gasteiger partial charge >= 0.3 is 0 Å². The van der Waals surface area contributed by atoms with Crippen molar-refractivity contribution in [1.82, 2.24) is 4.90 Å². The highest BCUT2D eigenvalue weighted by molar-refractivity contribution is 6.32. The number of piperidine rings is 1. The Hall–Kier alpha value is -1.06. The zero-order chi connectivity index (χ0) is 16.4. The second kappa shape index (κ2) is 7.01. The number of ketones is 1. The van der Waals surface area contributed by atoms with Gasteiger partial charge in [0.25, 0.3) is 0 Å². The number of likely N-dealkylation sites (tertiary alicyclic amines) is 1. The van der Waals surface area contributed by atoms with Gasteiger partial charge in [0, 0.05) is 18.1 Å². The summed E-state index contributed by atoms with van der Waals surface area (Å²) in [5, 5.41) is 0.657. The molecule has 1 aromatic carbocycles. The van der Waals surface area contributed by atoms with Crippen LogP contribution in [0.4, 0.5) is 0 Å². The van der Waals surface area contributed by atoms with Crippen molar-refractivity contribution in [2.75, 3.05) is 26.7 Å². The maximum Gasteiger partial charge on any atom is 0.180 e. The summed E-state index contributed by atoms with van der Waals surface area (Å²) >= 11 is 6.32. The average Bonchev–Trinajstić information content (AvgIpc) is 2.42. The first kappa shape index (κ1) is 17.3. The molecule has 3 nitrogen and oxygen atoms in total. The third kappa shape index (κ3) is 3.64. The predicted octanol–water partition coefficient (Wildman–Crippen LogP) is 4.13. The van der Waals surface area contributed by atoms with E-state index in [1.54, 1.807) is 7.11 Å². The number of aryl methyl sites for hydroxylation is 1. The van der Waals surface area contributed by atoms with E-state index in [-0.39, 0.29) is 5.78 Å². The van der Waals surface area contributed by atoms with Gasteiger partial charge in [-0.15, -0.1) is 0 Å². The Labute approximate surface area is 138 Å². The van der Waals surface area contributed by atoms with Crippen molar-refractivity contribution >= 4 is 17.4 Å². The van der Waals surface area contributed by atoms with Crippen LogP contribution in [0, 0.1) is 25.7 Å². The minimum Gasteiger partial charge on any atom is -0.496 e. The fourth-order valence-electron chi connectivity index (χ4n) is 3.63. The molecule has 0 spiro atoms. The lowest BCUT2D eigenvalue weighted by Crippen LogP contribution is -2.41. The monoisotopic (exact) mass is 323 g/mol. The Morgan fingerprint density at radius 2 is 1.91 bits per heavy atom. The normalized spacial score (nSPS) is 22.6.